The lowest BCUT2D eigenvalue weighted by atomic mass is 9.96. The second-order valence-electron chi connectivity index (χ2n) is 6.42. The molecule has 1 N–H and O–H groups in total. The lowest BCUT2D eigenvalue weighted by molar-refractivity contribution is -0.136. The number of likely N-dealkylation sites (tertiary alicyclic amines) is 1. The molecule has 21 heavy (non-hydrogen) atoms. The predicted molar refractivity (Wildman–Crippen MR) is 80.8 cm³/mol. The molecule has 1 aliphatic heterocycles. The van der Waals surface area contributed by atoms with Crippen molar-refractivity contribution in [2.75, 3.05) is 33.4 Å². The van der Waals surface area contributed by atoms with Gasteiger partial charge in [-0.15, -0.1) is 0 Å². The van der Waals surface area contributed by atoms with Crippen molar-refractivity contribution in [3.05, 3.63) is 0 Å². The largest absolute Gasteiger partial charge is 0.375 e. The zero-order valence-corrected chi connectivity index (χ0v) is 13.1. The molecule has 0 radical (unpaired) electrons. The van der Waals surface area contributed by atoms with Gasteiger partial charge in [-0.1, -0.05) is 12.8 Å². The summed E-state index contributed by atoms with van der Waals surface area (Å²) < 4.78 is 4.88. The molecule has 2 fully saturated rings. The lowest BCUT2D eigenvalue weighted by Crippen LogP contribution is -2.42. The SMILES string of the molecule is COCC(=O)N1CCC(CNC(=O)CC2CCCC2)CC1. The maximum Gasteiger partial charge on any atom is 0.248 e. The normalized spacial score (nSPS) is 20.7. The van der Waals surface area contributed by atoms with Crippen molar-refractivity contribution in [3.8, 4) is 0 Å². The van der Waals surface area contributed by atoms with E-state index < -0.39 is 0 Å². The molecular formula is C16H28N2O3. The number of ether oxygens (including phenoxy) is 1. The highest BCUT2D eigenvalue weighted by molar-refractivity contribution is 5.77. The summed E-state index contributed by atoms with van der Waals surface area (Å²) in [5.41, 5.74) is 0. The monoisotopic (exact) mass is 296 g/mol. The van der Waals surface area contributed by atoms with Crippen LogP contribution in [0.25, 0.3) is 0 Å². The zero-order valence-electron chi connectivity index (χ0n) is 13.1. The van der Waals surface area contributed by atoms with Crippen molar-refractivity contribution in [2.45, 2.75) is 44.9 Å². The fourth-order valence-electron chi connectivity index (χ4n) is 3.41. The number of rotatable bonds is 6. The molecule has 0 bridgehead atoms. The van der Waals surface area contributed by atoms with Crippen molar-refractivity contribution < 1.29 is 14.3 Å². The van der Waals surface area contributed by atoms with Crippen LogP contribution in [-0.2, 0) is 14.3 Å². The van der Waals surface area contributed by atoms with Gasteiger partial charge in [0.1, 0.15) is 6.61 Å². The Kier molecular flexibility index (Phi) is 6.49. The van der Waals surface area contributed by atoms with Gasteiger partial charge >= 0.3 is 0 Å². The number of piperidine rings is 1. The van der Waals surface area contributed by atoms with Gasteiger partial charge in [0.25, 0.3) is 0 Å². The molecule has 5 heteroatoms. The van der Waals surface area contributed by atoms with Gasteiger partial charge in [-0.25, -0.2) is 0 Å². The molecule has 0 atom stereocenters. The van der Waals surface area contributed by atoms with Gasteiger partial charge in [-0.2, -0.15) is 0 Å². The third-order valence-electron chi connectivity index (χ3n) is 4.77. The van der Waals surface area contributed by atoms with E-state index >= 15 is 0 Å². The van der Waals surface area contributed by atoms with Crippen molar-refractivity contribution >= 4 is 11.8 Å². The summed E-state index contributed by atoms with van der Waals surface area (Å²) in [6.07, 6.45) is 7.64. The number of hydrogen-bond donors (Lipinski definition) is 1. The minimum atomic E-state index is 0.0706. The summed E-state index contributed by atoms with van der Waals surface area (Å²) in [4.78, 5) is 25.5. The Labute approximate surface area is 127 Å². The molecule has 2 amide bonds. The second kappa shape index (κ2) is 8.37. The van der Waals surface area contributed by atoms with Crippen molar-refractivity contribution in [1.29, 1.82) is 0 Å². The first kappa shape index (κ1) is 16.3. The van der Waals surface area contributed by atoms with Crippen LogP contribution in [0, 0.1) is 11.8 Å². The third-order valence-corrected chi connectivity index (χ3v) is 4.77. The maximum atomic E-state index is 11.9. The van der Waals surface area contributed by atoms with Crippen LogP contribution in [0.15, 0.2) is 0 Å². The number of carbonyl (C=O) groups excluding carboxylic acids is 2. The summed E-state index contributed by atoms with van der Waals surface area (Å²) in [7, 11) is 1.55. The number of nitrogens with one attached hydrogen (secondary N) is 1. The van der Waals surface area contributed by atoms with E-state index in [4.69, 9.17) is 4.74 Å². The Balaban J connectivity index is 1.60. The van der Waals surface area contributed by atoms with Crippen LogP contribution in [-0.4, -0.2) is 50.1 Å². The molecule has 0 aromatic heterocycles. The third kappa shape index (κ3) is 5.30. The average molecular weight is 296 g/mol. The first-order valence-corrected chi connectivity index (χ1v) is 8.22. The first-order chi connectivity index (χ1) is 10.2. The molecule has 0 aromatic carbocycles. The predicted octanol–water partition coefficient (Wildman–Crippen LogP) is 1.57. The summed E-state index contributed by atoms with van der Waals surface area (Å²) in [5.74, 6) is 1.39. The quantitative estimate of drug-likeness (QED) is 0.809. The number of carbonyl (C=O) groups is 2. The van der Waals surface area contributed by atoms with Crippen LogP contribution >= 0.6 is 0 Å². The summed E-state index contributed by atoms with van der Waals surface area (Å²) in [5, 5.41) is 3.08. The van der Waals surface area contributed by atoms with E-state index in [-0.39, 0.29) is 18.4 Å². The van der Waals surface area contributed by atoms with E-state index in [1.165, 1.54) is 25.7 Å². The Morgan fingerprint density at radius 1 is 1.10 bits per heavy atom. The molecule has 0 aromatic rings. The summed E-state index contributed by atoms with van der Waals surface area (Å²) >= 11 is 0. The molecule has 2 rings (SSSR count). The average Bonchev–Trinajstić information content (AvgIpc) is 2.99. The fourth-order valence-corrected chi connectivity index (χ4v) is 3.41. The summed E-state index contributed by atoms with van der Waals surface area (Å²) in [6, 6.07) is 0. The molecule has 0 unspecified atom stereocenters. The minimum absolute atomic E-state index is 0.0706. The molecule has 120 valence electrons. The number of nitrogens with zero attached hydrogens (tertiary/aromatic N) is 1. The molecule has 0 spiro atoms. The van der Waals surface area contributed by atoms with Crippen LogP contribution in [0.4, 0.5) is 0 Å². The number of amides is 2. The van der Waals surface area contributed by atoms with Gasteiger partial charge in [-0.05, 0) is 37.5 Å². The highest BCUT2D eigenvalue weighted by atomic mass is 16.5. The molecule has 5 nitrogen and oxygen atoms in total. The minimum Gasteiger partial charge on any atom is -0.375 e. The van der Waals surface area contributed by atoms with Crippen LogP contribution in [0.3, 0.4) is 0 Å². The Bertz CT molecular complexity index is 345. The summed E-state index contributed by atoms with van der Waals surface area (Å²) in [6.45, 7) is 2.50. The van der Waals surface area contributed by atoms with Crippen LogP contribution in [0.2, 0.25) is 0 Å². The molecule has 1 aliphatic carbocycles. The lowest BCUT2D eigenvalue weighted by Gasteiger charge is -2.32. The van der Waals surface area contributed by atoms with Crippen LogP contribution in [0.5, 0.6) is 0 Å². The van der Waals surface area contributed by atoms with E-state index in [1.54, 1.807) is 7.11 Å². The fraction of sp³-hybridized carbons (Fsp3) is 0.875. The van der Waals surface area contributed by atoms with Crippen LogP contribution in [0.1, 0.15) is 44.9 Å². The van der Waals surface area contributed by atoms with Gasteiger partial charge in [-0.3, -0.25) is 9.59 Å². The number of hydrogen-bond acceptors (Lipinski definition) is 3. The highest BCUT2D eigenvalue weighted by Crippen LogP contribution is 2.27. The van der Waals surface area contributed by atoms with Gasteiger partial charge in [0.05, 0.1) is 0 Å². The molecule has 2 aliphatic rings. The topological polar surface area (TPSA) is 58.6 Å². The van der Waals surface area contributed by atoms with Gasteiger partial charge in [0.15, 0.2) is 0 Å². The standard InChI is InChI=1S/C16H28N2O3/c1-21-12-16(20)18-8-6-14(7-9-18)11-17-15(19)10-13-4-2-3-5-13/h13-14H,2-12H2,1H3,(H,17,19). The van der Waals surface area contributed by atoms with E-state index in [0.717, 1.165) is 32.5 Å². The van der Waals surface area contributed by atoms with Gasteiger partial charge in [0.2, 0.25) is 11.8 Å². The van der Waals surface area contributed by atoms with E-state index in [9.17, 15) is 9.59 Å². The van der Waals surface area contributed by atoms with E-state index in [1.807, 2.05) is 4.90 Å². The Hall–Kier alpha value is -1.10. The van der Waals surface area contributed by atoms with Gasteiger partial charge in [0, 0.05) is 33.2 Å². The highest BCUT2D eigenvalue weighted by Gasteiger charge is 2.23. The Morgan fingerprint density at radius 2 is 1.76 bits per heavy atom. The van der Waals surface area contributed by atoms with Crippen molar-refractivity contribution in [1.82, 2.24) is 10.2 Å². The molecule has 1 saturated carbocycles. The van der Waals surface area contributed by atoms with E-state index in [2.05, 4.69) is 5.32 Å². The van der Waals surface area contributed by atoms with Crippen molar-refractivity contribution in [3.63, 3.8) is 0 Å². The molecule has 1 saturated heterocycles. The molecule has 1 heterocycles. The molecular weight excluding hydrogens is 268 g/mol. The zero-order chi connectivity index (χ0) is 15.1. The van der Waals surface area contributed by atoms with Crippen molar-refractivity contribution in [2.24, 2.45) is 11.8 Å². The number of methoxy groups -OCH3 is 1. The second-order valence-corrected chi connectivity index (χ2v) is 6.42. The first-order valence-electron chi connectivity index (χ1n) is 8.22. The van der Waals surface area contributed by atoms with Gasteiger partial charge < -0.3 is 15.0 Å². The maximum absolute atomic E-state index is 11.9. The van der Waals surface area contributed by atoms with Crippen LogP contribution < -0.4 is 5.32 Å². The van der Waals surface area contributed by atoms with E-state index in [0.29, 0.717) is 18.3 Å². The Morgan fingerprint density at radius 3 is 2.38 bits per heavy atom. The smallest absolute Gasteiger partial charge is 0.248 e.